The lowest BCUT2D eigenvalue weighted by molar-refractivity contribution is -0.119. The number of hydrogen-bond acceptors (Lipinski definition) is 5. The molecule has 2 aromatic rings. The number of amides is 1. The molecular weight excluding hydrogens is 384 g/mol. The summed E-state index contributed by atoms with van der Waals surface area (Å²) in [6.07, 6.45) is 5.75. The summed E-state index contributed by atoms with van der Waals surface area (Å²) < 4.78 is 7.56. The van der Waals surface area contributed by atoms with Crippen LogP contribution in [0.1, 0.15) is 58.9 Å². The van der Waals surface area contributed by atoms with Gasteiger partial charge < -0.3 is 10.1 Å². The molecule has 1 aliphatic rings. The monoisotopic (exact) mass is 416 g/mol. The number of methoxy groups -OCH3 is 1. The van der Waals surface area contributed by atoms with E-state index in [1.165, 1.54) is 31.0 Å². The number of hydrogen-bond donors (Lipinski definition) is 1. The highest BCUT2D eigenvalue weighted by Gasteiger charge is 2.29. The molecule has 0 aliphatic heterocycles. The molecule has 158 valence electrons. The van der Waals surface area contributed by atoms with Gasteiger partial charge in [0.2, 0.25) is 5.91 Å². The Hall–Kier alpha value is -2.02. The van der Waals surface area contributed by atoms with Gasteiger partial charge in [-0.25, -0.2) is 0 Å². The second-order valence-electron chi connectivity index (χ2n) is 7.90. The lowest BCUT2D eigenvalue weighted by Gasteiger charge is -2.31. The van der Waals surface area contributed by atoms with E-state index in [2.05, 4.69) is 33.9 Å². The maximum atomic E-state index is 12.3. The van der Waals surface area contributed by atoms with E-state index in [1.807, 2.05) is 31.2 Å². The standard InChI is InChI=1S/C22H32N4O2S/c1-5-16(3)23-20(27)14-29-22-25-24-21(17-10-12-18(28-4)13-11-17)26(22)19-9-7-6-8-15(19)2/h10-13,15-16,19H,5-9,14H2,1-4H3,(H,23,27)/t15-,16+,19+/m0/s1. The molecule has 1 amide bonds. The predicted molar refractivity (Wildman–Crippen MR) is 117 cm³/mol. The van der Waals surface area contributed by atoms with Crippen molar-refractivity contribution in [2.45, 2.75) is 70.1 Å². The van der Waals surface area contributed by atoms with Crippen molar-refractivity contribution in [3.8, 4) is 17.1 Å². The fourth-order valence-corrected chi connectivity index (χ4v) is 4.64. The Labute approximate surface area is 177 Å². The van der Waals surface area contributed by atoms with Crippen LogP contribution in [0.25, 0.3) is 11.4 Å². The highest BCUT2D eigenvalue weighted by Crippen LogP contribution is 2.39. The third-order valence-corrected chi connectivity index (χ3v) is 6.71. The Morgan fingerprint density at radius 1 is 1.28 bits per heavy atom. The molecule has 0 saturated heterocycles. The summed E-state index contributed by atoms with van der Waals surface area (Å²) in [4.78, 5) is 12.3. The van der Waals surface area contributed by atoms with Gasteiger partial charge in [0, 0.05) is 17.6 Å². The van der Waals surface area contributed by atoms with Crippen LogP contribution in [0.2, 0.25) is 0 Å². The van der Waals surface area contributed by atoms with Gasteiger partial charge in [0.1, 0.15) is 5.75 Å². The summed E-state index contributed by atoms with van der Waals surface area (Å²) in [6, 6.07) is 8.49. The summed E-state index contributed by atoms with van der Waals surface area (Å²) in [5.74, 6) is 2.65. The number of nitrogens with one attached hydrogen (secondary N) is 1. The molecule has 0 bridgehead atoms. The van der Waals surface area contributed by atoms with Gasteiger partial charge in [-0.1, -0.05) is 38.5 Å². The van der Waals surface area contributed by atoms with Gasteiger partial charge in [0.25, 0.3) is 0 Å². The third-order valence-electron chi connectivity index (χ3n) is 5.76. The van der Waals surface area contributed by atoms with Crippen molar-refractivity contribution < 1.29 is 9.53 Å². The number of benzene rings is 1. The Morgan fingerprint density at radius 3 is 2.66 bits per heavy atom. The normalized spacial score (nSPS) is 20.3. The molecule has 1 fully saturated rings. The van der Waals surface area contributed by atoms with Crippen LogP contribution in [0.5, 0.6) is 5.75 Å². The number of carbonyl (C=O) groups excluding carboxylic acids is 1. The lowest BCUT2D eigenvalue weighted by atomic mass is 9.85. The second kappa shape index (κ2) is 10.1. The highest BCUT2D eigenvalue weighted by atomic mass is 32.2. The first kappa shape index (κ1) is 21.7. The molecule has 0 spiro atoms. The first-order valence-electron chi connectivity index (χ1n) is 10.5. The summed E-state index contributed by atoms with van der Waals surface area (Å²) in [5, 5.41) is 12.9. The largest absolute Gasteiger partial charge is 0.497 e. The Balaban J connectivity index is 1.87. The van der Waals surface area contributed by atoms with E-state index in [4.69, 9.17) is 4.74 Å². The maximum absolute atomic E-state index is 12.3. The SMILES string of the molecule is CC[C@@H](C)NC(=O)CSc1nnc(-c2ccc(OC)cc2)n1[C@@H]1CCCC[C@@H]1C. The summed E-state index contributed by atoms with van der Waals surface area (Å²) in [5.41, 5.74) is 1.02. The third kappa shape index (κ3) is 5.32. The fourth-order valence-electron chi connectivity index (χ4n) is 3.84. The van der Waals surface area contributed by atoms with E-state index in [0.29, 0.717) is 17.7 Å². The number of rotatable bonds is 8. The van der Waals surface area contributed by atoms with E-state index in [0.717, 1.165) is 35.1 Å². The first-order valence-corrected chi connectivity index (χ1v) is 11.5. The minimum atomic E-state index is 0.0431. The van der Waals surface area contributed by atoms with Gasteiger partial charge in [0.15, 0.2) is 11.0 Å². The molecule has 29 heavy (non-hydrogen) atoms. The lowest BCUT2D eigenvalue weighted by Crippen LogP contribution is -2.33. The van der Waals surface area contributed by atoms with Crippen molar-refractivity contribution in [3.05, 3.63) is 24.3 Å². The number of thioether (sulfide) groups is 1. The summed E-state index contributed by atoms with van der Waals surface area (Å²) in [6.45, 7) is 6.41. The number of aromatic nitrogens is 3. The minimum absolute atomic E-state index is 0.0431. The highest BCUT2D eigenvalue weighted by molar-refractivity contribution is 7.99. The van der Waals surface area contributed by atoms with Crippen molar-refractivity contribution in [3.63, 3.8) is 0 Å². The van der Waals surface area contributed by atoms with Gasteiger partial charge >= 0.3 is 0 Å². The van der Waals surface area contributed by atoms with Gasteiger partial charge in [-0.3, -0.25) is 9.36 Å². The molecule has 1 aliphatic carbocycles. The Bertz CT molecular complexity index is 806. The van der Waals surface area contributed by atoms with Crippen LogP contribution in [0.15, 0.2) is 29.4 Å². The molecule has 1 saturated carbocycles. The average molecular weight is 417 g/mol. The molecule has 1 N–H and O–H groups in total. The van der Waals surface area contributed by atoms with Crippen molar-refractivity contribution in [1.29, 1.82) is 0 Å². The van der Waals surface area contributed by atoms with Crippen molar-refractivity contribution in [2.75, 3.05) is 12.9 Å². The van der Waals surface area contributed by atoms with E-state index < -0.39 is 0 Å². The predicted octanol–water partition coefficient (Wildman–Crippen LogP) is 4.71. The van der Waals surface area contributed by atoms with Crippen LogP contribution in [0.4, 0.5) is 0 Å². The molecule has 3 rings (SSSR count). The van der Waals surface area contributed by atoms with E-state index >= 15 is 0 Å². The van der Waals surface area contributed by atoms with Crippen LogP contribution in [-0.4, -0.2) is 39.6 Å². The fraction of sp³-hybridized carbons (Fsp3) is 0.591. The molecule has 0 radical (unpaired) electrons. The number of carbonyl (C=O) groups is 1. The van der Waals surface area contributed by atoms with Crippen molar-refractivity contribution in [2.24, 2.45) is 5.92 Å². The minimum Gasteiger partial charge on any atom is -0.497 e. The molecule has 7 heteroatoms. The molecule has 1 heterocycles. The molecular formula is C22H32N4O2S. The Morgan fingerprint density at radius 2 is 2.00 bits per heavy atom. The van der Waals surface area contributed by atoms with E-state index in [-0.39, 0.29) is 11.9 Å². The number of nitrogens with zero attached hydrogens (tertiary/aromatic N) is 3. The van der Waals surface area contributed by atoms with Gasteiger partial charge in [-0.2, -0.15) is 0 Å². The summed E-state index contributed by atoms with van der Waals surface area (Å²) >= 11 is 1.48. The molecule has 1 aromatic carbocycles. The first-order chi connectivity index (χ1) is 14.0. The van der Waals surface area contributed by atoms with Gasteiger partial charge in [0.05, 0.1) is 12.9 Å². The topological polar surface area (TPSA) is 69.0 Å². The van der Waals surface area contributed by atoms with Crippen molar-refractivity contribution in [1.82, 2.24) is 20.1 Å². The molecule has 3 atom stereocenters. The number of ether oxygens (including phenoxy) is 1. The average Bonchev–Trinajstić information content (AvgIpc) is 3.16. The van der Waals surface area contributed by atoms with Crippen LogP contribution in [0.3, 0.4) is 0 Å². The van der Waals surface area contributed by atoms with Gasteiger partial charge in [-0.15, -0.1) is 10.2 Å². The van der Waals surface area contributed by atoms with Crippen LogP contribution in [-0.2, 0) is 4.79 Å². The van der Waals surface area contributed by atoms with Gasteiger partial charge in [-0.05, 0) is 56.4 Å². The van der Waals surface area contributed by atoms with E-state index in [1.54, 1.807) is 7.11 Å². The molecule has 0 unspecified atom stereocenters. The quantitative estimate of drug-likeness (QED) is 0.631. The van der Waals surface area contributed by atoms with Crippen LogP contribution >= 0.6 is 11.8 Å². The zero-order valence-corrected chi connectivity index (χ0v) is 18.7. The van der Waals surface area contributed by atoms with Crippen molar-refractivity contribution >= 4 is 17.7 Å². The molecule has 1 aromatic heterocycles. The van der Waals surface area contributed by atoms with Crippen LogP contribution < -0.4 is 10.1 Å². The Kier molecular flexibility index (Phi) is 7.58. The zero-order chi connectivity index (χ0) is 20.8. The smallest absolute Gasteiger partial charge is 0.230 e. The maximum Gasteiger partial charge on any atom is 0.230 e. The van der Waals surface area contributed by atoms with Crippen LogP contribution in [0, 0.1) is 5.92 Å². The second-order valence-corrected chi connectivity index (χ2v) is 8.84. The van der Waals surface area contributed by atoms with E-state index in [9.17, 15) is 4.79 Å². The molecule has 6 nitrogen and oxygen atoms in total. The zero-order valence-electron chi connectivity index (χ0n) is 17.9. The summed E-state index contributed by atoms with van der Waals surface area (Å²) in [7, 11) is 1.67.